The summed E-state index contributed by atoms with van der Waals surface area (Å²) in [7, 11) is 0. The summed E-state index contributed by atoms with van der Waals surface area (Å²) in [5.41, 5.74) is 9.30. The third kappa shape index (κ3) is 5.14. The summed E-state index contributed by atoms with van der Waals surface area (Å²) in [6.07, 6.45) is 3.67. The van der Waals surface area contributed by atoms with Gasteiger partial charge in [-0.25, -0.2) is 9.97 Å². The van der Waals surface area contributed by atoms with E-state index in [1.54, 1.807) is 22.7 Å². The molecule has 3 rings (SSSR count). The Morgan fingerprint density at radius 2 is 2.23 bits per heavy atom. The van der Waals surface area contributed by atoms with E-state index in [4.69, 9.17) is 27.2 Å². The van der Waals surface area contributed by atoms with Gasteiger partial charge in [0.25, 0.3) is 6.47 Å². The van der Waals surface area contributed by atoms with Crippen molar-refractivity contribution in [1.29, 1.82) is 0 Å². The lowest BCUT2D eigenvalue weighted by atomic mass is 10.1. The number of hydrogen-bond acceptors (Lipinski definition) is 7. The summed E-state index contributed by atoms with van der Waals surface area (Å²) >= 11 is 9.61. The molecule has 0 aromatic carbocycles. The number of carbonyl (C=O) groups is 1. The van der Waals surface area contributed by atoms with Crippen LogP contribution in [-0.2, 0) is 17.8 Å². The molecule has 6 nitrogen and oxygen atoms in total. The zero-order chi connectivity index (χ0) is 19.1. The van der Waals surface area contributed by atoms with E-state index in [0.717, 1.165) is 33.8 Å². The number of rotatable bonds is 6. The smallest absolute Gasteiger partial charge is 0.290 e. The molecule has 9 heteroatoms. The number of carboxylic acid groups (broad SMARTS) is 1. The van der Waals surface area contributed by atoms with Gasteiger partial charge < -0.3 is 16.2 Å². The average molecular weight is 413 g/mol. The van der Waals surface area contributed by atoms with Crippen molar-refractivity contribution >= 4 is 56.7 Å². The first-order chi connectivity index (χ1) is 12.5. The number of nitrogens with two attached hydrogens (primary N) is 1. The number of aromatic nitrogens is 2. The maximum absolute atomic E-state index is 8.36. The number of anilines is 1. The Balaban J connectivity index is 0.000000758. The highest BCUT2D eigenvalue weighted by atomic mass is 35.5. The van der Waals surface area contributed by atoms with Gasteiger partial charge in [-0.2, -0.15) is 0 Å². The van der Waals surface area contributed by atoms with Crippen molar-refractivity contribution in [3.8, 4) is 0 Å². The molecule has 0 saturated carbocycles. The predicted molar refractivity (Wildman–Crippen MR) is 109 cm³/mol. The molecule has 0 aliphatic heterocycles. The van der Waals surface area contributed by atoms with Crippen molar-refractivity contribution in [2.45, 2.75) is 39.3 Å². The van der Waals surface area contributed by atoms with E-state index in [9.17, 15) is 0 Å². The van der Waals surface area contributed by atoms with Crippen LogP contribution in [0.1, 0.15) is 28.8 Å². The first-order valence-electron chi connectivity index (χ1n) is 8.04. The van der Waals surface area contributed by atoms with Crippen LogP contribution in [0.2, 0.25) is 5.15 Å². The number of nitrogens with one attached hydrogen (secondary N) is 1. The average Bonchev–Trinajstić information content (AvgIpc) is 3.23. The molecule has 1 atom stereocenters. The fourth-order valence-electron chi connectivity index (χ4n) is 2.41. The van der Waals surface area contributed by atoms with E-state index in [0.29, 0.717) is 11.7 Å². The summed E-state index contributed by atoms with van der Waals surface area (Å²) in [6.45, 7) is 4.65. The van der Waals surface area contributed by atoms with Crippen LogP contribution in [-0.4, -0.2) is 27.6 Å². The van der Waals surface area contributed by atoms with Gasteiger partial charge in [-0.3, -0.25) is 4.79 Å². The number of pyridine rings is 1. The molecule has 0 radical (unpaired) electrons. The summed E-state index contributed by atoms with van der Waals surface area (Å²) in [4.78, 5) is 18.5. The monoisotopic (exact) mass is 412 g/mol. The molecule has 0 unspecified atom stereocenters. The number of thiazole rings is 1. The van der Waals surface area contributed by atoms with Gasteiger partial charge in [0.15, 0.2) is 0 Å². The molecule has 3 heterocycles. The van der Waals surface area contributed by atoms with Gasteiger partial charge in [-0.1, -0.05) is 18.5 Å². The van der Waals surface area contributed by atoms with Crippen LogP contribution >= 0.6 is 34.3 Å². The van der Waals surface area contributed by atoms with Crippen LogP contribution in [0, 0.1) is 6.92 Å². The number of halogens is 1. The molecule has 0 amide bonds. The Morgan fingerprint density at radius 3 is 2.85 bits per heavy atom. The molecule has 3 aromatic heterocycles. The summed E-state index contributed by atoms with van der Waals surface area (Å²) in [5, 5.41) is 13.9. The van der Waals surface area contributed by atoms with Gasteiger partial charge in [-0.05, 0) is 25.3 Å². The summed E-state index contributed by atoms with van der Waals surface area (Å²) in [6, 6.07) is 2.07. The first kappa shape index (κ1) is 20.6. The van der Waals surface area contributed by atoms with Crippen molar-refractivity contribution in [3.05, 3.63) is 38.2 Å². The molecule has 0 aliphatic carbocycles. The summed E-state index contributed by atoms with van der Waals surface area (Å²) in [5.74, 6) is 0. The lowest BCUT2D eigenvalue weighted by Gasteiger charge is -2.06. The maximum atomic E-state index is 8.36. The Hall–Kier alpha value is -1.74. The number of thiophene rings is 1. The SMILES string of the molecule is CC[C@H](N)Cc1sc2c(NCc3nccs3)cc(Cl)nc2c1C.O=CO. The highest BCUT2D eigenvalue weighted by molar-refractivity contribution is 7.19. The molecule has 3 aromatic rings. The topological polar surface area (TPSA) is 101 Å². The van der Waals surface area contributed by atoms with Crippen molar-refractivity contribution in [1.82, 2.24) is 9.97 Å². The van der Waals surface area contributed by atoms with Gasteiger partial charge >= 0.3 is 0 Å². The van der Waals surface area contributed by atoms with Crippen molar-refractivity contribution in [3.63, 3.8) is 0 Å². The summed E-state index contributed by atoms with van der Waals surface area (Å²) < 4.78 is 1.14. The van der Waals surface area contributed by atoms with Crippen molar-refractivity contribution < 1.29 is 9.90 Å². The van der Waals surface area contributed by atoms with E-state index < -0.39 is 0 Å². The number of fused-ring (bicyclic) bond motifs is 1. The van der Waals surface area contributed by atoms with E-state index >= 15 is 0 Å². The van der Waals surface area contributed by atoms with E-state index in [2.05, 4.69) is 29.1 Å². The minimum absolute atomic E-state index is 0.184. The van der Waals surface area contributed by atoms with Gasteiger partial charge in [0.1, 0.15) is 10.2 Å². The first-order valence-corrected chi connectivity index (χ1v) is 10.1. The highest BCUT2D eigenvalue weighted by Crippen LogP contribution is 2.37. The highest BCUT2D eigenvalue weighted by Gasteiger charge is 2.16. The van der Waals surface area contributed by atoms with Crippen LogP contribution in [0.15, 0.2) is 17.6 Å². The third-order valence-corrected chi connectivity index (χ3v) is 6.14. The minimum Gasteiger partial charge on any atom is -0.483 e. The lowest BCUT2D eigenvalue weighted by molar-refractivity contribution is -0.122. The molecule has 0 saturated heterocycles. The Kier molecular flexibility index (Phi) is 7.77. The van der Waals surface area contributed by atoms with Crippen molar-refractivity contribution in [2.24, 2.45) is 5.73 Å². The van der Waals surface area contributed by atoms with Crippen LogP contribution < -0.4 is 11.1 Å². The second-order valence-corrected chi connectivity index (χ2v) is 8.05. The van der Waals surface area contributed by atoms with Crippen molar-refractivity contribution in [2.75, 3.05) is 5.32 Å². The molecular formula is C17H21ClN4O2S2. The van der Waals surface area contributed by atoms with Crippen LogP contribution in [0.3, 0.4) is 0 Å². The Morgan fingerprint density at radius 1 is 1.50 bits per heavy atom. The second-order valence-electron chi connectivity index (χ2n) is 5.58. The molecule has 0 bridgehead atoms. The number of nitrogens with zero attached hydrogens (tertiary/aromatic N) is 2. The van der Waals surface area contributed by atoms with E-state index in [1.807, 2.05) is 17.6 Å². The van der Waals surface area contributed by atoms with Crippen LogP contribution in [0.4, 0.5) is 5.69 Å². The lowest BCUT2D eigenvalue weighted by Crippen LogP contribution is -2.21. The Labute approximate surface area is 165 Å². The normalized spacial score (nSPS) is 11.7. The van der Waals surface area contributed by atoms with Gasteiger partial charge in [0.05, 0.1) is 22.4 Å². The van der Waals surface area contributed by atoms with Crippen LogP contribution in [0.5, 0.6) is 0 Å². The second kappa shape index (κ2) is 9.82. The molecular weight excluding hydrogens is 392 g/mol. The van der Waals surface area contributed by atoms with Gasteiger partial charge in [0.2, 0.25) is 0 Å². The third-order valence-electron chi connectivity index (χ3n) is 3.83. The Bertz CT molecular complexity index is 852. The fraction of sp³-hybridized carbons (Fsp3) is 0.353. The van der Waals surface area contributed by atoms with Crippen LogP contribution in [0.25, 0.3) is 10.2 Å². The largest absolute Gasteiger partial charge is 0.483 e. The molecule has 0 spiro atoms. The fourth-order valence-corrected chi connectivity index (χ4v) is 4.49. The standard InChI is InChI=1S/C16H19ClN4S2.CH2O2/c1-3-10(18)6-12-9(2)15-16(23-12)11(7-13(17)21-15)20-8-14-19-4-5-22-14;2-1-3/h4-5,7,10H,3,6,8,18H2,1-2H3,(H,20,21);1H,(H,2,3)/t10-;/m0./s1. The minimum atomic E-state index is -0.250. The van der Waals surface area contributed by atoms with Gasteiger partial charge in [-0.15, -0.1) is 22.7 Å². The zero-order valence-corrected chi connectivity index (χ0v) is 16.9. The predicted octanol–water partition coefficient (Wildman–Crippen LogP) is 4.31. The molecule has 140 valence electrons. The number of aryl methyl sites for hydroxylation is 1. The van der Waals surface area contributed by atoms with E-state index in [1.165, 1.54) is 10.4 Å². The van der Waals surface area contributed by atoms with E-state index in [-0.39, 0.29) is 12.5 Å². The number of hydrogen-bond donors (Lipinski definition) is 3. The maximum Gasteiger partial charge on any atom is 0.290 e. The molecule has 26 heavy (non-hydrogen) atoms. The molecule has 0 fully saturated rings. The molecule has 4 N–H and O–H groups in total. The molecule has 0 aliphatic rings. The zero-order valence-electron chi connectivity index (χ0n) is 14.5. The van der Waals surface area contributed by atoms with Gasteiger partial charge in [0, 0.05) is 28.6 Å². The quantitative estimate of drug-likeness (QED) is 0.412.